The third kappa shape index (κ3) is 4.28. The fourth-order valence-corrected chi connectivity index (χ4v) is 3.90. The summed E-state index contributed by atoms with van der Waals surface area (Å²) in [4.78, 5) is 12.9. The summed E-state index contributed by atoms with van der Waals surface area (Å²) in [6.07, 6.45) is 3.44. The lowest BCUT2D eigenvalue weighted by Crippen LogP contribution is -2.33. The van der Waals surface area contributed by atoms with E-state index >= 15 is 0 Å². The van der Waals surface area contributed by atoms with Gasteiger partial charge in [-0.25, -0.2) is 4.98 Å². The molecule has 2 heterocycles. The number of hydrogen-bond donors (Lipinski definition) is 1. The number of aromatic nitrogens is 4. The highest BCUT2D eigenvalue weighted by atomic mass is 35.5. The van der Waals surface area contributed by atoms with E-state index in [0.29, 0.717) is 35.0 Å². The number of nitrogens with one attached hydrogen (secondary N) is 1. The van der Waals surface area contributed by atoms with Crippen LogP contribution in [0.5, 0.6) is 0 Å². The minimum atomic E-state index is -4.36. The Balaban J connectivity index is 1.65. The maximum absolute atomic E-state index is 12.8. The van der Waals surface area contributed by atoms with Crippen molar-refractivity contribution in [2.45, 2.75) is 44.4 Å². The maximum Gasteiger partial charge on any atom is 0.416 e. The molecule has 0 saturated heterocycles. The van der Waals surface area contributed by atoms with Gasteiger partial charge in [-0.05, 0) is 54.5 Å². The molecule has 0 unspecified atom stereocenters. The highest BCUT2D eigenvalue weighted by Crippen LogP contribution is 2.34. The molecule has 1 saturated carbocycles. The summed E-state index contributed by atoms with van der Waals surface area (Å²) in [5, 5.41) is 3.58. The molecule has 1 aromatic carbocycles. The summed E-state index contributed by atoms with van der Waals surface area (Å²) in [7, 11) is 0. The zero-order valence-electron chi connectivity index (χ0n) is 16.2. The first kappa shape index (κ1) is 20.7. The zero-order chi connectivity index (χ0) is 21.3. The van der Waals surface area contributed by atoms with E-state index in [1.165, 1.54) is 18.6 Å². The fraction of sp³-hybridized carbons (Fsp3) is 0.381. The summed E-state index contributed by atoms with van der Waals surface area (Å²) in [6, 6.07) is 5.27. The molecule has 1 fully saturated rings. The van der Waals surface area contributed by atoms with Gasteiger partial charge < -0.3 is 9.88 Å². The molecule has 5 nitrogen and oxygen atoms in total. The largest absolute Gasteiger partial charge is 0.416 e. The smallest absolute Gasteiger partial charge is 0.365 e. The van der Waals surface area contributed by atoms with E-state index in [1.807, 2.05) is 10.6 Å². The molecule has 0 bridgehead atoms. The summed E-state index contributed by atoms with van der Waals surface area (Å²) in [5.74, 6) is 1.12. The van der Waals surface area contributed by atoms with Gasteiger partial charge >= 0.3 is 6.18 Å². The van der Waals surface area contributed by atoms with Crippen LogP contribution in [0.25, 0.3) is 11.2 Å². The molecular weight excluding hydrogens is 415 g/mol. The molecule has 30 heavy (non-hydrogen) atoms. The lowest BCUT2D eigenvalue weighted by atomic mass is 9.78. The van der Waals surface area contributed by atoms with Gasteiger partial charge in [0.2, 0.25) is 5.28 Å². The SMILES string of the molecule is C=CC[C@@H](Nc1nc(Cl)nc2ncn(Cc3ccc(C(F)(F)F)cc3)c12)C1CCC1. The van der Waals surface area contributed by atoms with Crippen LogP contribution < -0.4 is 5.32 Å². The topological polar surface area (TPSA) is 55.6 Å². The highest BCUT2D eigenvalue weighted by molar-refractivity contribution is 6.28. The molecule has 3 aromatic rings. The second kappa shape index (κ2) is 8.26. The second-order valence-corrected chi connectivity index (χ2v) is 7.88. The van der Waals surface area contributed by atoms with Gasteiger partial charge in [-0.2, -0.15) is 23.1 Å². The predicted molar refractivity (Wildman–Crippen MR) is 110 cm³/mol. The Morgan fingerprint density at radius 3 is 2.57 bits per heavy atom. The number of imidazole rings is 1. The zero-order valence-corrected chi connectivity index (χ0v) is 16.9. The van der Waals surface area contributed by atoms with Gasteiger partial charge in [-0.3, -0.25) is 0 Å². The molecule has 1 aliphatic rings. The third-order valence-corrected chi connectivity index (χ3v) is 5.71. The number of benzene rings is 1. The molecular formula is C21H21ClF3N5. The summed E-state index contributed by atoms with van der Waals surface area (Å²) in [6.45, 7) is 4.19. The van der Waals surface area contributed by atoms with E-state index in [9.17, 15) is 13.2 Å². The van der Waals surface area contributed by atoms with Gasteiger partial charge in [0.05, 0.1) is 11.9 Å². The molecule has 0 aliphatic heterocycles. The molecule has 1 N–H and O–H groups in total. The van der Waals surface area contributed by atoms with Crippen molar-refractivity contribution in [3.05, 3.63) is 59.7 Å². The maximum atomic E-state index is 12.8. The van der Waals surface area contributed by atoms with Gasteiger partial charge in [-0.1, -0.05) is 24.6 Å². The molecule has 158 valence electrons. The van der Waals surface area contributed by atoms with Crippen LogP contribution in [-0.2, 0) is 12.7 Å². The van der Waals surface area contributed by atoms with Crippen molar-refractivity contribution >= 4 is 28.6 Å². The Bertz CT molecular complexity index is 1040. The van der Waals surface area contributed by atoms with Gasteiger partial charge in [0.25, 0.3) is 0 Å². The van der Waals surface area contributed by atoms with Gasteiger partial charge in [0, 0.05) is 12.6 Å². The Kier molecular flexibility index (Phi) is 5.69. The molecule has 0 radical (unpaired) electrons. The van der Waals surface area contributed by atoms with Crippen molar-refractivity contribution in [3.63, 3.8) is 0 Å². The predicted octanol–water partition coefficient (Wildman–Crippen LogP) is 5.70. The van der Waals surface area contributed by atoms with Crippen molar-refractivity contribution in [2.75, 3.05) is 5.32 Å². The summed E-state index contributed by atoms with van der Waals surface area (Å²) >= 11 is 6.10. The van der Waals surface area contributed by atoms with Crippen molar-refractivity contribution < 1.29 is 13.2 Å². The first-order valence-corrected chi connectivity index (χ1v) is 10.1. The Morgan fingerprint density at radius 2 is 1.97 bits per heavy atom. The van der Waals surface area contributed by atoms with Crippen LogP contribution in [0.2, 0.25) is 5.28 Å². The van der Waals surface area contributed by atoms with Crippen molar-refractivity contribution in [1.29, 1.82) is 0 Å². The van der Waals surface area contributed by atoms with Gasteiger partial charge in [0.15, 0.2) is 11.5 Å². The normalized spacial score (nSPS) is 15.7. The van der Waals surface area contributed by atoms with E-state index in [-0.39, 0.29) is 11.3 Å². The summed E-state index contributed by atoms with van der Waals surface area (Å²) < 4.78 is 40.3. The Hall–Kier alpha value is -2.61. The van der Waals surface area contributed by atoms with Crippen LogP contribution in [0, 0.1) is 5.92 Å². The van der Waals surface area contributed by atoms with E-state index in [0.717, 1.165) is 31.4 Å². The van der Waals surface area contributed by atoms with E-state index in [2.05, 4.69) is 26.8 Å². The van der Waals surface area contributed by atoms with Crippen molar-refractivity contribution in [3.8, 4) is 0 Å². The molecule has 2 aromatic heterocycles. The lowest BCUT2D eigenvalue weighted by Gasteiger charge is -2.34. The number of rotatable bonds is 7. The lowest BCUT2D eigenvalue weighted by molar-refractivity contribution is -0.137. The Morgan fingerprint density at radius 1 is 1.23 bits per heavy atom. The quantitative estimate of drug-likeness (QED) is 0.382. The van der Waals surface area contributed by atoms with E-state index < -0.39 is 11.7 Å². The van der Waals surface area contributed by atoms with E-state index in [4.69, 9.17) is 11.6 Å². The average Bonchev–Trinajstić information content (AvgIpc) is 3.03. The van der Waals surface area contributed by atoms with Crippen molar-refractivity contribution in [2.24, 2.45) is 5.92 Å². The Labute approximate surface area is 177 Å². The van der Waals surface area contributed by atoms with Crippen LogP contribution >= 0.6 is 11.6 Å². The monoisotopic (exact) mass is 435 g/mol. The van der Waals surface area contributed by atoms with Crippen LogP contribution in [-0.4, -0.2) is 25.6 Å². The van der Waals surface area contributed by atoms with Crippen molar-refractivity contribution in [1.82, 2.24) is 19.5 Å². The summed E-state index contributed by atoms with van der Waals surface area (Å²) in [5.41, 5.74) is 1.15. The number of nitrogens with zero attached hydrogens (tertiary/aromatic N) is 4. The number of hydrogen-bond acceptors (Lipinski definition) is 4. The molecule has 9 heteroatoms. The van der Waals surface area contributed by atoms with Gasteiger partial charge in [0.1, 0.15) is 5.52 Å². The average molecular weight is 436 g/mol. The fourth-order valence-electron chi connectivity index (χ4n) is 3.74. The van der Waals surface area contributed by atoms with Gasteiger partial charge in [-0.15, -0.1) is 6.58 Å². The first-order chi connectivity index (χ1) is 14.3. The van der Waals surface area contributed by atoms with Crippen LogP contribution in [0.1, 0.15) is 36.8 Å². The molecule has 0 spiro atoms. The number of fused-ring (bicyclic) bond motifs is 1. The van der Waals surface area contributed by atoms with Crippen LogP contribution in [0.4, 0.5) is 19.0 Å². The van der Waals surface area contributed by atoms with Crippen LogP contribution in [0.3, 0.4) is 0 Å². The van der Waals surface area contributed by atoms with Crippen LogP contribution in [0.15, 0.2) is 43.2 Å². The third-order valence-electron chi connectivity index (χ3n) is 5.54. The molecule has 1 atom stereocenters. The van der Waals surface area contributed by atoms with E-state index in [1.54, 1.807) is 6.33 Å². The standard InChI is InChI=1S/C21H21ClF3N5/c1-2-4-16(14-5-3-6-14)27-19-17-18(28-20(22)29-19)26-12-30(17)11-13-7-9-15(10-8-13)21(23,24)25/h2,7-10,12,14,16H,1,3-6,11H2,(H,27,28,29)/t16-/m1/s1. The molecule has 4 rings (SSSR count). The minimum Gasteiger partial charge on any atom is -0.365 e. The number of halogens is 4. The first-order valence-electron chi connectivity index (χ1n) is 9.77. The molecule has 1 aliphatic carbocycles. The highest BCUT2D eigenvalue weighted by Gasteiger charge is 2.30. The molecule has 0 amide bonds. The second-order valence-electron chi connectivity index (χ2n) is 7.55. The number of alkyl halides is 3. The number of anilines is 1. The minimum absolute atomic E-state index is 0.0933.